The third-order valence-corrected chi connectivity index (χ3v) is 2.25. The van der Waals surface area contributed by atoms with E-state index in [0.29, 0.717) is 0 Å². The van der Waals surface area contributed by atoms with Crippen LogP contribution in [0.4, 0.5) is 0 Å². The largest absolute Gasteiger partial charge is 0.394 e. The molecule has 0 aromatic heterocycles. The minimum absolute atomic E-state index is 0.118. The van der Waals surface area contributed by atoms with Gasteiger partial charge < -0.3 is 15.5 Å². The first kappa shape index (κ1) is 14.4. The predicted molar refractivity (Wildman–Crippen MR) is 58.8 cm³/mol. The highest BCUT2D eigenvalue weighted by Gasteiger charge is 2.18. The number of hydrogen-bond acceptors (Lipinski definition) is 5. The molecule has 2 atom stereocenters. The van der Waals surface area contributed by atoms with Crippen LogP contribution >= 0.6 is 12.6 Å². The van der Waals surface area contributed by atoms with Gasteiger partial charge in [0, 0.05) is 19.1 Å². The molecule has 0 heterocycles. The Hall–Kier alpha value is -0.590. The molecule has 0 bridgehead atoms. The normalized spacial score (nSPS) is 14.4. The third-order valence-electron chi connectivity index (χ3n) is 1.88. The summed E-state index contributed by atoms with van der Waals surface area (Å²) in [6.45, 7) is 0.964. The van der Waals surface area contributed by atoms with Crippen LogP contribution in [0.5, 0.6) is 0 Å². The zero-order valence-corrected chi connectivity index (χ0v) is 9.54. The lowest BCUT2D eigenvalue weighted by Crippen LogP contribution is -2.41. The van der Waals surface area contributed by atoms with E-state index in [-0.39, 0.29) is 36.9 Å². The van der Waals surface area contributed by atoms with Crippen molar-refractivity contribution in [3.05, 3.63) is 0 Å². The van der Waals surface area contributed by atoms with Gasteiger partial charge in [-0.3, -0.25) is 9.59 Å². The number of hydrogen-bond donors (Lipinski definition) is 4. The standard InChI is InChI=1S/C9H17NO4S/c1-6(12)10-8(5-15)9(14)3-2-7(13)4-11/h7-8,11,13,15H,2-5H2,1H3,(H,10,12)/t7?,8-/m0/s1. The van der Waals surface area contributed by atoms with Gasteiger partial charge in [0.15, 0.2) is 5.78 Å². The molecule has 0 saturated carbocycles. The van der Waals surface area contributed by atoms with Crippen LogP contribution < -0.4 is 5.32 Å². The summed E-state index contributed by atoms with van der Waals surface area (Å²) in [5.74, 6) is -0.244. The molecule has 88 valence electrons. The second-order valence-electron chi connectivity index (χ2n) is 3.28. The first-order chi connectivity index (χ1) is 7.01. The highest BCUT2D eigenvalue weighted by atomic mass is 32.1. The van der Waals surface area contributed by atoms with Gasteiger partial charge in [0.2, 0.25) is 5.91 Å². The Morgan fingerprint density at radius 3 is 2.47 bits per heavy atom. The second-order valence-corrected chi connectivity index (χ2v) is 3.64. The van der Waals surface area contributed by atoms with Crippen LogP contribution in [-0.2, 0) is 9.59 Å². The second kappa shape index (κ2) is 7.67. The fraction of sp³-hybridized carbons (Fsp3) is 0.778. The van der Waals surface area contributed by atoms with Crippen molar-refractivity contribution in [3.63, 3.8) is 0 Å². The van der Waals surface area contributed by atoms with Crippen LogP contribution in [0.25, 0.3) is 0 Å². The maximum atomic E-state index is 11.5. The van der Waals surface area contributed by atoms with Gasteiger partial charge in [-0.15, -0.1) is 0 Å². The van der Waals surface area contributed by atoms with Crippen LogP contribution in [-0.4, -0.2) is 46.4 Å². The summed E-state index contributed by atoms with van der Waals surface area (Å²) in [5.41, 5.74) is 0. The molecule has 5 nitrogen and oxygen atoms in total. The lowest BCUT2D eigenvalue weighted by Gasteiger charge is -2.14. The topological polar surface area (TPSA) is 86.6 Å². The smallest absolute Gasteiger partial charge is 0.217 e. The van der Waals surface area contributed by atoms with E-state index in [1.54, 1.807) is 0 Å². The molecule has 1 unspecified atom stereocenters. The zero-order valence-electron chi connectivity index (χ0n) is 8.64. The van der Waals surface area contributed by atoms with Gasteiger partial charge in [-0.05, 0) is 6.42 Å². The number of aliphatic hydroxyl groups is 2. The third kappa shape index (κ3) is 6.48. The van der Waals surface area contributed by atoms with Crippen molar-refractivity contribution < 1.29 is 19.8 Å². The number of carbonyl (C=O) groups excluding carboxylic acids is 2. The molecule has 0 aromatic rings. The van der Waals surface area contributed by atoms with Gasteiger partial charge in [0.25, 0.3) is 0 Å². The highest BCUT2D eigenvalue weighted by Crippen LogP contribution is 2.02. The van der Waals surface area contributed by atoms with Crippen molar-refractivity contribution in [2.24, 2.45) is 0 Å². The molecule has 0 aliphatic rings. The maximum absolute atomic E-state index is 11.5. The average Bonchev–Trinajstić information content (AvgIpc) is 2.21. The monoisotopic (exact) mass is 235 g/mol. The minimum Gasteiger partial charge on any atom is -0.394 e. The molecule has 0 rings (SSSR count). The van der Waals surface area contributed by atoms with Crippen molar-refractivity contribution >= 4 is 24.3 Å². The summed E-state index contributed by atoms with van der Waals surface area (Å²) in [7, 11) is 0. The van der Waals surface area contributed by atoms with Gasteiger partial charge in [-0.1, -0.05) is 0 Å². The van der Waals surface area contributed by atoms with Crippen LogP contribution in [0, 0.1) is 0 Å². The van der Waals surface area contributed by atoms with Crippen LogP contribution in [0.3, 0.4) is 0 Å². The number of ketones is 1. The van der Waals surface area contributed by atoms with Gasteiger partial charge >= 0.3 is 0 Å². The number of nitrogens with one attached hydrogen (secondary N) is 1. The molecule has 0 aromatic carbocycles. The van der Waals surface area contributed by atoms with E-state index in [0.717, 1.165) is 0 Å². The van der Waals surface area contributed by atoms with Crippen LogP contribution in [0.2, 0.25) is 0 Å². The van der Waals surface area contributed by atoms with Gasteiger partial charge in [-0.2, -0.15) is 12.6 Å². The van der Waals surface area contributed by atoms with Crippen LogP contribution in [0.1, 0.15) is 19.8 Å². The van der Waals surface area contributed by atoms with Gasteiger partial charge in [0.05, 0.1) is 18.8 Å². The lowest BCUT2D eigenvalue weighted by molar-refractivity contribution is -0.126. The Labute approximate surface area is 94.3 Å². The Morgan fingerprint density at radius 1 is 1.47 bits per heavy atom. The number of rotatable bonds is 7. The summed E-state index contributed by atoms with van der Waals surface area (Å²) in [6, 6.07) is -0.614. The minimum atomic E-state index is -0.883. The highest BCUT2D eigenvalue weighted by molar-refractivity contribution is 7.80. The first-order valence-corrected chi connectivity index (χ1v) is 5.34. The molecule has 15 heavy (non-hydrogen) atoms. The van der Waals surface area contributed by atoms with E-state index in [4.69, 9.17) is 10.2 Å². The molecular weight excluding hydrogens is 218 g/mol. The maximum Gasteiger partial charge on any atom is 0.217 e. The van der Waals surface area contributed by atoms with Crippen molar-refractivity contribution in [1.82, 2.24) is 5.32 Å². The predicted octanol–water partition coefficient (Wildman–Crippen LogP) is -0.877. The SMILES string of the molecule is CC(=O)N[C@@H](CS)C(=O)CCC(O)CO. The molecule has 0 radical (unpaired) electrons. The molecule has 1 amide bonds. The summed E-state index contributed by atoms with van der Waals surface area (Å²) in [6.07, 6.45) is -0.571. The molecule has 0 fully saturated rings. The fourth-order valence-electron chi connectivity index (χ4n) is 1.05. The molecule has 0 aliphatic heterocycles. The number of aliphatic hydroxyl groups excluding tert-OH is 2. The molecule has 0 spiro atoms. The summed E-state index contributed by atoms with van der Waals surface area (Å²) >= 11 is 3.95. The number of carbonyl (C=O) groups is 2. The molecule has 6 heteroatoms. The average molecular weight is 235 g/mol. The lowest BCUT2D eigenvalue weighted by atomic mass is 10.1. The number of amides is 1. The van der Waals surface area contributed by atoms with Crippen LogP contribution in [0.15, 0.2) is 0 Å². The van der Waals surface area contributed by atoms with E-state index in [9.17, 15) is 9.59 Å². The molecule has 0 saturated heterocycles. The van der Waals surface area contributed by atoms with Crippen molar-refractivity contribution in [1.29, 1.82) is 0 Å². The first-order valence-electron chi connectivity index (χ1n) is 4.70. The van der Waals surface area contributed by atoms with E-state index in [1.165, 1.54) is 6.92 Å². The van der Waals surface area contributed by atoms with E-state index in [1.807, 2.05) is 0 Å². The molecule has 0 aliphatic carbocycles. The van der Waals surface area contributed by atoms with E-state index < -0.39 is 12.1 Å². The Kier molecular flexibility index (Phi) is 7.37. The Morgan fingerprint density at radius 2 is 2.07 bits per heavy atom. The summed E-state index contributed by atoms with van der Waals surface area (Å²) < 4.78 is 0. The van der Waals surface area contributed by atoms with Crippen molar-refractivity contribution in [3.8, 4) is 0 Å². The number of Topliss-reactive ketones (excluding diaryl/α,β-unsaturated/α-hetero) is 1. The van der Waals surface area contributed by atoms with Crippen molar-refractivity contribution in [2.45, 2.75) is 31.9 Å². The summed E-state index contributed by atoms with van der Waals surface area (Å²) in [5, 5.41) is 20.0. The number of thiol groups is 1. The zero-order chi connectivity index (χ0) is 11.8. The van der Waals surface area contributed by atoms with Gasteiger partial charge in [0.1, 0.15) is 0 Å². The van der Waals surface area contributed by atoms with Gasteiger partial charge in [-0.25, -0.2) is 0 Å². The molecular formula is C9H17NO4S. The van der Waals surface area contributed by atoms with Crippen molar-refractivity contribution in [2.75, 3.05) is 12.4 Å². The summed E-state index contributed by atoms with van der Waals surface area (Å²) in [4.78, 5) is 22.2. The quantitative estimate of drug-likeness (QED) is 0.432. The van der Waals surface area contributed by atoms with E-state index in [2.05, 4.69) is 17.9 Å². The molecule has 3 N–H and O–H groups in total. The van der Waals surface area contributed by atoms with E-state index >= 15 is 0 Å². The Balaban J connectivity index is 3.99. The Bertz CT molecular complexity index is 222. The fourth-order valence-corrected chi connectivity index (χ4v) is 1.34.